The number of hydrogen-bond acceptors (Lipinski definition) is 17. The van der Waals surface area contributed by atoms with Crippen LogP contribution in [0.2, 0.25) is 0 Å². The number of likely N-dealkylation sites (tertiary alicyclic amines) is 1. The fraction of sp³-hybridized carbons (Fsp3) is 0.652. The summed E-state index contributed by atoms with van der Waals surface area (Å²) in [7, 11) is 0. The molecule has 1 saturated heterocycles. The van der Waals surface area contributed by atoms with Gasteiger partial charge in [-0.2, -0.15) is 0 Å². The number of hydrogen-bond donors (Lipinski definition) is 16. The number of aliphatic hydroxyl groups is 3. The molecule has 0 aromatic heterocycles. The van der Waals surface area contributed by atoms with Crippen molar-refractivity contribution in [2.24, 2.45) is 23.1 Å². The number of nitrogens with one attached hydrogen (secondary N) is 8. The van der Waals surface area contributed by atoms with Crippen molar-refractivity contribution < 1.29 is 73.5 Å². The molecule has 2 rings (SSSR count). The van der Waals surface area contributed by atoms with Crippen molar-refractivity contribution in [1.29, 1.82) is 0 Å². The number of unbranched alkanes of at least 4 members (excludes halogenated alkanes) is 2. The van der Waals surface area contributed by atoms with Crippen LogP contribution in [0.4, 0.5) is 0 Å². The number of phenolic OH excluding ortho intramolecular Hbond substituents is 1. The highest BCUT2D eigenvalue weighted by molar-refractivity contribution is 5.98. The monoisotopic (exact) mass is 1040 g/mol. The molecule has 0 radical (unpaired) electrons. The molecule has 27 nitrogen and oxygen atoms in total. The molecule has 1 aliphatic heterocycles. The second kappa shape index (κ2) is 32.5. The van der Waals surface area contributed by atoms with Crippen LogP contribution < -0.4 is 59.7 Å². The fourth-order valence-electron chi connectivity index (χ4n) is 7.66. The molecule has 410 valence electrons. The summed E-state index contributed by atoms with van der Waals surface area (Å²) in [5, 5.41) is 68.7. The van der Waals surface area contributed by atoms with Gasteiger partial charge in [0, 0.05) is 13.0 Å². The fourth-order valence-corrected chi connectivity index (χ4v) is 7.66. The Kier molecular flexibility index (Phi) is 27.9. The molecule has 27 heteroatoms. The number of carbonyl (C=O) groups excluding carboxylic acids is 9. The highest BCUT2D eigenvalue weighted by atomic mass is 16.4. The Morgan fingerprint density at radius 1 is 0.616 bits per heavy atom. The quantitative estimate of drug-likeness (QED) is 0.0292. The molecule has 73 heavy (non-hydrogen) atoms. The van der Waals surface area contributed by atoms with Crippen LogP contribution in [-0.4, -0.2) is 190 Å². The summed E-state index contributed by atoms with van der Waals surface area (Å²) in [6.07, 6.45) is 2.30. The molecule has 0 unspecified atom stereocenters. The molecule has 1 aromatic carbocycles. The first-order valence-corrected chi connectivity index (χ1v) is 24.4. The van der Waals surface area contributed by atoms with E-state index in [4.69, 9.17) is 17.2 Å². The van der Waals surface area contributed by atoms with Gasteiger partial charge in [0.1, 0.15) is 60.1 Å². The summed E-state index contributed by atoms with van der Waals surface area (Å²) in [4.78, 5) is 134. The lowest BCUT2D eigenvalue weighted by Crippen LogP contribution is -2.62. The first-order chi connectivity index (χ1) is 34.7. The van der Waals surface area contributed by atoms with Crippen molar-refractivity contribution in [2.75, 3.05) is 46.0 Å². The molecule has 1 aromatic rings. The number of nitrogens with zero attached hydrogens (tertiary/aromatic N) is 1. The topological polar surface area (TPSA) is 449 Å². The lowest BCUT2D eigenvalue weighted by Gasteiger charge is -2.30. The maximum absolute atomic E-state index is 14.0. The summed E-state index contributed by atoms with van der Waals surface area (Å²) in [5.41, 5.74) is 17.1. The second-order valence-electron chi connectivity index (χ2n) is 17.7. The summed E-state index contributed by atoms with van der Waals surface area (Å²) >= 11 is 0. The van der Waals surface area contributed by atoms with Crippen molar-refractivity contribution in [3.8, 4) is 5.75 Å². The molecule has 19 N–H and O–H groups in total. The molecule has 0 bridgehead atoms. The van der Waals surface area contributed by atoms with E-state index >= 15 is 0 Å². The van der Waals surface area contributed by atoms with Gasteiger partial charge >= 0.3 is 5.97 Å². The van der Waals surface area contributed by atoms with Gasteiger partial charge in [-0.1, -0.05) is 32.4 Å². The van der Waals surface area contributed by atoms with E-state index in [9.17, 15) is 73.5 Å². The average molecular weight is 1040 g/mol. The Balaban J connectivity index is 2.31. The third-order valence-electron chi connectivity index (χ3n) is 12.2. The maximum atomic E-state index is 14.0. The molecule has 0 saturated carbocycles. The number of phenols is 1. The van der Waals surface area contributed by atoms with E-state index in [1.165, 1.54) is 36.1 Å². The van der Waals surface area contributed by atoms with E-state index in [1.54, 1.807) is 13.8 Å². The van der Waals surface area contributed by atoms with Gasteiger partial charge in [0.25, 0.3) is 0 Å². The minimum Gasteiger partial charge on any atom is -0.508 e. The normalized spacial score (nSPS) is 16.9. The number of aliphatic carboxylic acids is 1. The van der Waals surface area contributed by atoms with Crippen molar-refractivity contribution in [2.45, 2.75) is 139 Å². The van der Waals surface area contributed by atoms with Gasteiger partial charge in [-0.05, 0) is 95.0 Å². The molecular formula is C46H76N12O15. The van der Waals surface area contributed by atoms with E-state index in [-0.39, 0.29) is 57.6 Å². The molecular weight excluding hydrogens is 961 g/mol. The van der Waals surface area contributed by atoms with Crippen LogP contribution in [0.5, 0.6) is 5.75 Å². The van der Waals surface area contributed by atoms with Crippen molar-refractivity contribution in [3.63, 3.8) is 0 Å². The van der Waals surface area contributed by atoms with E-state index in [1.807, 2.05) is 0 Å². The molecule has 0 spiro atoms. The predicted molar refractivity (Wildman–Crippen MR) is 261 cm³/mol. The number of nitrogens with two attached hydrogens (primary N) is 3. The highest BCUT2D eigenvalue weighted by Crippen LogP contribution is 2.20. The SMILES string of the molecule is CC[C@H](C)[C@H](NC(=O)[C@H](CO)NC(=O)[C@H](CO)NC(=O)[C@H](Cc1ccc(O)cc1)NC(=O)[C@@H]1CCCN1C(=O)[C@H](C)NC(=O)CN)C(=O)N[C@@H](CCCCN)C(=O)N[C@@H](CCCCN)C(=O)N[C@@H](CO)C(=O)O. The van der Waals surface area contributed by atoms with Crippen molar-refractivity contribution >= 4 is 59.1 Å². The Morgan fingerprint density at radius 3 is 1.56 bits per heavy atom. The zero-order valence-electron chi connectivity index (χ0n) is 41.6. The number of carboxylic acids is 1. The zero-order valence-corrected chi connectivity index (χ0v) is 41.6. The van der Waals surface area contributed by atoms with E-state index in [2.05, 4.69) is 42.5 Å². The summed E-state index contributed by atoms with van der Waals surface area (Å²) in [6, 6.07) is -7.15. The van der Waals surface area contributed by atoms with Gasteiger partial charge in [-0.15, -0.1) is 0 Å². The van der Waals surface area contributed by atoms with Gasteiger partial charge in [0.15, 0.2) is 0 Å². The molecule has 1 aliphatic rings. The summed E-state index contributed by atoms with van der Waals surface area (Å²) in [5.74, 6) is -9.99. The Labute approximate surface area is 423 Å². The lowest BCUT2D eigenvalue weighted by atomic mass is 9.97. The van der Waals surface area contributed by atoms with E-state index in [0.29, 0.717) is 44.1 Å². The zero-order chi connectivity index (χ0) is 54.8. The first kappa shape index (κ1) is 62.6. The number of aromatic hydroxyl groups is 1. The second-order valence-corrected chi connectivity index (χ2v) is 17.7. The van der Waals surface area contributed by atoms with Gasteiger partial charge in [-0.3, -0.25) is 43.2 Å². The third kappa shape index (κ3) is 20.5. The number of amides is 9. The Morgan fingerprint density at radius 2 is 1.08 bits per heavy atom. The van der Waals surface area contributed by atoms with Crippen LogP contribution >= 0.6 is 0 Å². The van der Waals surface area contributed by atoms with Gasteiger partial charge in [0.05, 0.1) is 26.4 Å². The van der Waals surface area contributed by atoms with Crippen LogP contribution in [0.3, 0.4) is 0 Å². The highest BCUT2D eigenvalue weighted by Gasteiger charge is 2.39. The van der Waals surface area contributed by atoms with Crippen LogP contribution in [0, 0.1) is 5.92 Å². The Bertz CT molecular complexity index is 2010. The smallest absolute Gasteiger partial charge is 0.328 e. The van der Waals surface area contributed by atoms with E-state index < -0.39 is 139 Å². The third-order valence-corrected chi connectivity index (χ3v) is 12.2. The van der Waals surface area contributed by atoms with Crippen molar-refractivity contribution in [3.05, 3.63) is 29.8 Å². The number of aliphatic hydroxyl groups excluding tert-OH is 3. The van der Waals surface area contributed by atoms with Crippen LogP contribution in [0.25, 0.3) is 0 Å². The minimum absolute atomic E-state index is 0.0129. The van der Waals surface area contributed by atoms with Gasteiger partial charge in [0.2, 0.25) is 53.2 Å². The van der Waals surface area contributed by atoms with Crippen molar-refractivity contribution in [1.82, 2.24) is 47.4 Å². The minimum atomic E-state index is -1.79. The number of benzene rings is 1. The van der Waals surface area contributed by atoms with Gasteiger partial charge < -0.3 is 90.2 Å². The Hall–Kier alpha value is -6.52. The largest absolute Gasteiger partial charge is 0.508 e. The van der Waals surface area contributed by atoms with Crippen LogP contribution in [-0.2, 0) is 54.4 Å². The van der Waals surface area contributed by atoms with E-state index in [0.717, 1.165) is 0 Å². The predicted octanol–water partition coefficient (Wildman–Crippen LogP) is -5.85. The molecule has 1 heterocycles. The van der Waals surface area contributed by atoms with Gasteiger partial charge in [-0.25, -0.2) is 4.79 Å². The molecule has 9 amide bonds. The average Bonchev–Trinajstić information content (AvgIpc) is 3.87. The molecule has 0 aliphatic carbocycles. The maximum Gasteiger partial charge on any atom is 0.328 e. The molecule has 1 fully saturated rings. The first-order valence-electron chi connectivity index (χ1n) is 24.4. The molecule has 10 atom stereocenters. The number of rotatable bonds is 33. The van der Waals surface area contributed by atoms with Crippen LogP contribution in [0.1, 0.15) is 84.1 Å². The summed E-state index contributed by atoms with van der Waals surface area (Å²) < 4.78 is 0. The lowest BCUT2D eigenvalue weighted by molar-refractivity contribution is -0.143. The summed E-state index contributed by atoms with van der Waals surface area (Å²) in [6.45, 7) is 2.02. The van der Waals surface area contributed by atoms with Crippen LogP contribution in [0.15, 0.2) is 24.3 Å². The number of carboxylic acid groups (broad SMARTS) is 1. The standard InChI is InChI=1S/C46H76N12O15/c1-4-25(2)37(44(70)52-30(11-6-8-18-48)38(64)51-29(10-5-7-17-47)39(65)56-34(24-61)46(72)73)57-42(68)33(23-60)55-41(67)32(22-59)54-40(66)31(20-27-13-15-28(62)16-14-27)53-43(69)35-12-9-19-58(35)45(71)26(3)50-36(63)21-49/h13-16,25-26,29-35,37,59-62H,4-12,17-24,47-49H2,1-3H3,(H,50,63)(H,51,64)(H,52,70)(H,53,69)(H,54,66)(H,55,67)(H,56,65)(H,57,68)(H,72,73)/t25-,26-,29-,30-,31-,32-,33-,34-,35-,37-/m0/s1. The number of carbonyl (C=O) groups is 10.